The van der Waals surface area contributed by atoms with Crippen molar-refractivity contribution < 1.29 is 14.7 Å². The number of benzene rings is 1. The molecular formula is C19H22O3. The third-order valence-electron chi connectivity index (χ3n) is 5.03. The second-order valence-electron chi connectivity index (χ2n) is 6.45. The van der Waals surface area contributed by atoms with E-state index in [1.807, 2.05) is 0 Å². The fourth-order valence-corrected chi connectivity index (χ4v) is 3.99. The summed E-state index contributed by atoms with van der Waals surface area (Å²) in [6, 6.07) is 4.20. The molecule has 2 aliphatic carbocycles. The van der Waals surface area contributed by atoms with Crippen LogP contribution in [-0.2, 0) is 22.4 Å². The Labute approximate surface area is 131 Å². The second-order valence-corrected chi connectivity index (χ2v) is 6.45. The summed E-state index contributed by atoms with van der Waals surface area (Å²) in [6.45, 7) is 6.19. The Hall–Kier alpha value is -1.90. The number of aliphatic hydroxyl groups excluding tert-OH is 1. The van der Waals surface area contributed by atoms with Crippen LogP contribution in [0, 0.1) is 18.8 Å². The number of allylic oxidation sites excluding steroid dienone is 2. The van der Waals surface area contributed by atoms with Crippen molar-refractivity contribution in [1.29, 1.82) is 0 Å². The molecule has 116 valence electrons. The number of hydrogen-bond donors (Lipinski definition) is 1. The Morgan fingerprint density at radius 1 is 1.05 bits per heavy atom. The highest BCUT2D eigenvalue weighted by atomic mass is 16.3. The van der Waals surface area contributed by atoms with Crippen LogP contribution in [0.1, 0.15) is 48.9 Å². The van der Waals surface area contributed by atoms with Crippen molar-refractivity contribution in [2.45, 2.75) is 46.5 Å². The van der Waals surface area contributed by atoms with E-state index in [-0.39, 0.29) is 35.6 Å². The predicted octanol–water partition coefficient (Wildman–Crippen LogP) is 3.57. The van der Waals surface area contributed by atoms with Crippen LogP contribution in [0.2, 0.25) is 0 Å². The number of ketones is 2. The highest BCUT2D eigenvalue weighted by Crippen LogP contribution is 2.47. The SMILES string of the molecule is CCc1cc(C)cc(CC)c1C1=C(O)[C@H]2CC(=O)C[C@H]2C1=O. The van der Waals surface area contributed by atoms with Crippen molar-refractivity contribution in [3.63, 3.8) is 0 Å². The lowest BCUT2D eigenvalue weighted by atomic mass is 9.87. The Morgan fingerprint density at radius 2 is 1.59 bits per heavy atom. The van der Waals surface area contributed by atoms with Crippen LogP contribution in [-0.4, -0.2) is 16.7 Å². The van der Waals surface area contributed by atoms with Gasteiger partial charge in [0.05, 0.1) is 5.57 Å². The topological polar surface area (TPSA) is 54.4 Å². The zero-order valence-electron chi connectivity index (χ0n) is 13.4. The number of rotatable bonds is 3. The Morgan fingerprint density at radius 3 is 2.09 bits per heavy atom. The second kappa shape index (κ2) is 5.38. The number of Topliss-reactive ketones (excluding diaryl/α,β-unsaturated/α-hetero) is 2. The molecule has 0 amide bonds. The highest BCUT2D eigenvalue weighted by molar-refractivity contribution is 6.26. The number of carbonyl (C=O) groups excluding carboxylic acids is 2. The molecule has 0 heterocycles. The minimum Gasteiger partial charge on any atom is -0.511 e. The molecule has 3 heteroatoms. The largest absolute Gasteiger partial charge is 0.511 e. The average molecular weight is 298 g/mol. The maximum Gasteiger partial charge on any atom is 0.171 e. The maximum absolute atomic E-state index is 12.8. The molecule has 3 rings (SSSR count). The van der Waals surface area contributed by atoms with Crippen molar-refractivity contribution >= 4 is 17.1 Å². The third kappa shape index (κ3) is 2.11. The molecule has 0 unspecified atom stereocenters. The number of aliphatic hydroxyl groups is 1. The summed E-state index contributed by atoms with van der Waals surface area (Å²) in [6.07, 6.45) is 2.23. The van der Waals surface area contributed by atoms with Gasteiger partial charge >= 0.3 is 0 Å². The van der Waals surface area contributed by atoms with Gasteiger partial charge in [-0.25, -0.2) is 0 Å². The molecule has 0 aliphatic heterocycles. The number of carbonyl (C=O) groups is 2. The van der Waals surface area contributed by atoms with E-state index >= 15 is 0 Å². The summed E-state index contributed by atoms with van der Waals surface area (Å²) in [5, 5.41) is 10.6. The zero-order valence-corrected chi connectivity index (χ0v) is 13.4. The van der Waals surface area contributed by atoms with Crippen LogP contribution in [0.5, 0.6) is 0 Å². The van der Waals surface area contributed by atoms with Gasteiger partial charge in [0.25, 0.3) is 0 Å². The Bertz CT molecular complexity index is 672. The quantitative estimate of drug-likeness (QED) is 0.928. The first-order valence-electron chi connectivity index (χ1n) is 8.09. The van der Waals surface area contributed by atoms with E-state index in [2.05, 4.69) is 32.9 Å². The maximum atomic E-state index is 12.8. The molecule has 0 aromatic heterocycles. The Balaban J connectivity index is 2.19. The van der Waals surface area contributed by atoms with E-state index < -0.39 is 0 Å². The minimum atomic E-state index is -0.335. The van der Waals surface area contributed by atoms with Crippen LogP contribution < -0.4 is 0 Å². The molecule has 1 aromatic carbocycles. The summed E-state index contributed by atoms with van der Waals surface area (Å²) in [4.78, 5) is 24.4. The first-order chi connectivity index (χ1) is 10.5. The van der Waals surface area contributed by atoms with E-state index in [4.69, 9.17) is 0 Å². The standard InChI is InChI=1S/C19H22O3/c1-4-11-6-10(3)7-12(5-2)16(11)17-18(21)14-8-13(20)9-15(14)19(17)22/h6-7,14-15,21H,4-5,8-9H2,1-3H3/t14-,15+/m0/s1. The fourth-order valence-electron chi connectivity index (χ4n) is 3.99. The van der Waals surface area contributed by atoms with Crippen LogP contribution in [0.3, 0.4) is 0 Å². The molecule has 1 fully saturated rings. The molecule has 0 saturated heterocycles. The van der Waals surface area contributed by atoms with Crippen LogP contribution in [0.25, 0.3) is 5.57 Å². The molecule has 1 saturated carbocycles. The minimum absolute atomic E-state index is 0.0402. The molecule has 2 atom stereocenters. The lowest BCUT2D eigenvalue weighted by Gasteiger charge is -2.16. The van der Waals surface area contributed by atoms with Crippen LogP contribution in [0.15, 0.2) is 17.9 Å². The van der Waals surface area contributed by atoms with Gasteiger partial charge in [0, 0.05) is 24.7 Å². The van der Waals surface area contributed by atoms with E-state index in [0.29, 0.717) is 12.0 Å². The summed E-state index contributed by atoms with van der Waals surface area (Å²) in [7, 11) is 0. The van der Waals surface area contributed by atoms with Crippen molar-refractivity contribution in [3.05, 3.63) is 40.1 Å². The van der Waals surface area contributed by atoms with Crippen LogP contribution >= 0.6 is 0 Å². The highest BCUT2D eigenvalue weighted by Gasteiger charge is 2.48. The third-order valence-corrected chi connectivity index (χ3v) is 5.03. The summed E-state index contributed by atoms with van der Waals surface area (Å²) in [5.41, 5.74) is 4.80. The van der Waals surface area contributed by atoms with E-state index in [1.165, 1.54) is 5.56 Å². The van der Waals surface area contributed by atoms with Gasteiger partial charge < -0.3 is 5.11 Å². The van der Waals surface area contributed by atoms with Crippen molar-refractivity contribution in [2.24, 2.45) is 11.8 Å². The zero-order chi connectivity index (χ0) is 16.0. The van der Waals surface area contributed by atoms with E-state index in [0.717, 1.165) is 29.5 Å². The lowest BCUT2D eigenvalue weighted by molar-refractivity contribution is -0.121. The lowest BCUT2D eigenvalue weighted by Crippen LogP contribution is -2.13. The summed E-state index contributed by atoms with van der Waals surface area (Å²) in [5.74, 6) is -0.427. The number of fused-ring (bicyclic) bond motifs is 1. The van der Waals surface area contributed by atoms with Gasteiger partial charge in [-0.15, -0.1) is 0 Å². The molecule has 0 radical (unpaired) electrons. The van der Waals surface area contributed by atoms with Gasteiger partial charge in [-0.05, 0) is 36.5 Å². The summed E-state index contributed by atoms with van der Waals surface area (Å²) >= 11 is 0. The van der Waals surface area contributed by atoms with Gasteiger partial charge in [-0.1, -0.05) is 31.5 Å². The summed E-state index contributed by atoms with van der Waals surface area (Å²) < 4.78 is 0. The van der Waals surface area contributed by atoms with Gasteiger partial charge in [0.1, 0.15) is 11.5 Å². The molecule has 0 bridgehead atoms. The number of aryl methyl sites for hydroxylation is 3. The van der Waals surface area contributed by atoms with Crippen molar-refractivity contribution in [1.82, 2.24) is 0 Å². The van der Waals surface area contributed by atoms with Gasteiger partial charge in [-0.2, -0.15) is 0 Å². The first kappa shape index (κ1) is 15.0. The normalized spacial score (nSPS) is 24.3. The molecule has 2 aliphatic rings. The predicted molar refractivity (Wildman–Crippen MR) is 85.7 cm³/mol. The van der Waals surface area contributed by atoms with Gasteiger partial charge in [0.15, 0.2) is 5.78 Å². The molecule has 1 N–H and O–H groups in total. The molecular weight excluding hydrogens is 276 g/mol. The first-order valence-corrected chi connectivity index (χ1v) is 8.09. The molecule has 0 spiro atoms. The molecule has 22 heavy (non-hydrogen) atoms. The molecule has 3 nitrogen and oxygen atoms in total. The van der Waals surface area contributed by atoms with Crippen molar-refractivity contribution in [3.8, 4) is 0 Å². The van der Waals surface area contributed by atoms with Crippen molar-refractivity contribution in [2.75, 3.05) is 0 Å². The van der Waals surface area contributed by atoms with E-state index in [1.54, 1.807) is 0 Å². The fraction of sp³-hybridized carbons (Fsp3) is 0.474. The smallest absolute Gasteiger partial charge is 0.171 e. The molecule has 1 aromatic rings. The number of hydrogen-bond acceptors (Lipinski definition) is 3. The Kier molecular flexibility index (Phi) is 3.67. The average Bonchev–Trinajstić information content (AvgIpc) is 2.98. The monoisotopic (exact) mass is 298 g/mol. The van der Waals surface area contributed by atoms with Gasteiger partial charge in [0.2, 0.25) is 0 Å². The van der Waals surface area contributed by atoms with Crippen LogP contribution in [0.4, 0.5) is 0 Å². The van der Waals surface area contributed by atoms with E-state index in [9.17, 15) is 14.7 Å². The van der Waals surface area contributed by atoms with Gasteiger partial charge in [-0.3, -0.25) is 9.59 Å².